The molecule has 2 aliphatic rings. The van der Waals surface area contributed by atoms with Crippen LogP contribution in [0.15, 0.2) is 12.2 Å². The van der Waals surface area contributed by atoms with Gasteiger partial charge in [0.25, 0.3) is 0 Å². The van der Waals surface area contributed by atoms with E-state index in [1.165, 1.54) is 57.8 Å². The van der Waals surface area contributed by atoms with Gasteiger partial charge in [-0.25, -0.2) is 0 Å². The molecule has 0 aromatic carbocycles. The van der Waals surface area contributed by atoms with E-state index in [0.29, 0.717) is 18.8 Å². The Morgan fingerprint density at radius 1 is 0.815 bits per heavy atom. The number of alkyl halides is 3. The molecule has 3 heteroatoms. The van der Waals surface area contributed by atoms with Crippen molar-refractivity contribution in [3.05, 3.63) is 12.2 Å². The Bertz CT molecular complexity index is 398. The topological polar surface area (TPSA) is 0 Å². The molecule has 0 aromatic heterocycles. The van der Waals surface area contributed by atoms with E-state index in [-0.39, 0.29) is 6.42 Å². The zero-order valence-corrected chi connectivity index (χ0v) is 17.4. The van der Waals surface area contributed by atoms with Gasteiger partial charge >= 0.3 is 6.18 Å². The van der Waals surface area contributed by atoms with Crippen LogP contribution in [0.25, 0.3) is 0 Å². The molecule has 1 unspecified atom stereocenters. The van der Waals surface area contributed by atoms with Crippen molar-refractivity contribution in [1.82, 2.24) is 0 Å². The summed E-state index contributed by atoms with van der Waals surface area (Å²) < 4.78 is 39.9. The van der Waals surface area contributed by atoms with E-state index in [9.17, 15) is 13.2 Å². The summed E-state index contributed by atoms with van der Waals surface area (Å²) in [7, 11) is 0. The summed E-state index contributed by atoms with van der Waals surface area (Å²) in [4.78, 5) is 0. The highest BCUT2D eigenvalue weighted by molar-refractivity contribution is 4.94. The third-order valence-corrected chi connectivity index (χ3v) is 7.08. The third-order valence-electron chi connectivity index (χ3n) is 7.08. The molecule has 2 aliphatic carbocycles. The minimum absolute atomic E-state index is 0.180. The normalized spacial score (nSPS) is 26.5. The molecule has 27 heavy (non-hydrogen) atoms. The summed E-state index contributed by atoms with van der Waals surface area (Å²) in [6, 6.07) is 0. The molecule has 1 atom stereocenters. The van der Waals surface area contributed by atoms with Crippen LogP contribution in [-0.4, -0.2) is 6.18 Å². The van der Waals surface area contributed by atoms with Crippen molar-refractivity contribution in [2.45, 2.75) is 116 Å². The summed E-state index contributed by atoms with van der Waals surface area (Å²) in [6.45, 7) is 2.13. The van der Waals surface area contributed by atoms with Gasteiger partial charge in [-0.2, -0.15) is 13.2 Å². The highest BCUT2D eigenvalue weighted by Gasteiger charge is 2.38. The second-order valence-electron chi connectivity index (χ2n) is 9.18. The molecule has 0 heterocycles. The van der Waals surface area contributed by atoms with Crippen LogP contribution in [-0.2, 0) is 0 Å². The minimum Gasteiger partial charge on any atom is -0.171 e. The summed E-state index contributed by atoms with van der Waals surface area (Å²) in [5.74, 6) is 1.20. The van der Waals surface area contributed by atoms with Gasteiger partial charge in [-0.15, -0.1) is 0 Å². The van der Waals surface area contributed by atoms with Crippen LogP contribution in [0.3, 0.4) is 0 Å². The Hall–Kier alpha value is -0.470. The Morgan fingerprint density at radius 3 is 2.07 bits per heavy atom. The van der Waals surface area contributed by atoms with Crippen LogP contribution in [0, 0.1) is 23.7 Å². The zero-order valence-electron chi connectivity index (χ0n) is 17.4. The molecule has 0 saturated heterocycles. The summed E-state index contributed by atoms with van der Waals surface area (Å²) >= 11 is 0. The highest BCUT2D eigenvalue weighted by atomic mass is 19.4. The second kappa shape index (κ2) is 12.2. The first-order valence-electron chi connectivity index (χ1n) is 11.7. The van der Waals surface area contributed by atoms with Crippen LogP contribution in [0.1, 0.15) is 110 Å². The van der Waals surface area contributed by atoms with E-state index in [4.69, 9.17) is 0 Å². The summed E-state index contributed by atoms with van der Waals surface area (Å²) in [6.07, 6.45) is 17.4. The second-order valence-corrected chi connectivity index (χ2v) is 9.18. The van der Waals surface area contributed by atoms with Gasteiger partial charge in [0, 0.05) is 0 Å². The Balaban J connectivity index is 1.68. The van der Waals surface area contributed by atoms with Gasteiger partial charge in [-0.05, 0) is 56.3 Å². The first-order chi connectivity index (χ1) is 13.0. The fourth-order valence-electron chi connectivity index (χ4n) is 5.26. The highest BCUT2D eigenvalue weighted by Crippen LogP contribution is 2.40. The van der Waals surface area contributed by atoms with Crippen LogP contribution in [0.2, 0.25) is 0 Å². The average Bonchev–Trinajstić information content (AvgIpc) is 2.67. The molecule has 0 radical (unpaired) electrons. The van der Waals surface area contributed by atoms with E-state index in [0.717, 1.165) is 37.5 Å². The standard InChI is InChI=1S/C24H41F3/c1-2-3-4-5-9-14-23(24(25,26)27)15-10-11-20-16-18-22(19-17-20)21-12-7-6-8-13-21/h10-11,20-23H,2-9,12-19H2,1H3/t20-,22-,23?. The minimum atomic E-state index is -4.05. The van der Waals surface area contributed by atoms with Gasteiger partial charge in [0.05, 0.1) is 5.92 Å². The lowest BCUT2D eigenvalue weighted by molar-refractivity contribution is -0.175. The van der Waals surface area contributed by atoms with Gasteiger partial charge in [0.1, 0.15) is 0 Å². The fourth-order valence-corrected chi connectivity index (χ4v) is 5.26. The van der Waals surface area contributed by atoms with Crippen LogP contribution < -0.4 is 0 Å². The van der Waals surface area contributed by atoms with Gasteiger partial charge in [0.15, 0.2) is 0 Å². The number of rotatable bonds is 10. The lowest BCUT2D eigenvalue weighted by Gasteiger charge is -2.35. The molecule has 158 valence electrons. The third kappa shape index (κ3) is 8.60. The average molecular weight is 387 g/mol. The molecule has 0 N–H and O–H groups in total. The molecule has 2 saturated carbocycles. The first kappa shape index (κ1) is 22.8. The smallest absolute Gasteiger partial charge is 0.171 e. The van der Waals surface area contributed by atoms with Crippen LogP contribution in [0.4, 0.5) is 13.2 Å². The molecule has 0 aliphatic heterocycles. The predicted molar refractivity (Wildman–Crippen MR) is 109 cm³/mol. The molecule has 2 fully saturated rings. The molecule has 0 nitrogen and oxygen atoms in total. The molecule has 0 amide bonds. The van der Waals surface area contributed by atoms with Gasteiger partial charge in [0.2, 0.25) is 0 Å². The van der Waals surface area contributed by atoms with Crippen LogP contribution in [0.5, 0.6) is 0 Å². The van der Waals surface area contributed by atoms with Crippen molar-refractivity contribution in [3.8, 4) is 0 Å². The van der Waals surface area contributed by atoms with Crippen molar-refractivity contribution >= 4 is 0 Å². The van der Waals surface area contributed by atoms with E-state index in [1.807, 2.05) is 6.08 Å². The number of unbranched alkanes of at least 4 members (excludes halogenated alkanes) is 4. The molecular weight excluding hydrogens is 345 g/mol. The van der Waals surface area contributed by atoms with E-state index in [1.54, 1.807) is 0 Å². The van der Waals surface area contributed by atoms with Gasteiger partial charge < -0.3 is 0 Å². The maximum Gasteiger partial charge on any atom is 0.392 e. The number of allylic oxidation sites excluding steroid dienone is 2. The fraction of sp³-hybridized carbons (Fsp3) is 0.917. The van der Waals surface area contributed by atoms with Crippen molar-refractivity contribution in [2.75, 3.05) is 0 Å². The number of halogens is 3. The van der Waals surface area contributed by atoms with Gasteiger partial charge in [-0.1, -0.05) is 83.3 Å². The molecule has 0 bridgehead atoms. The number of hydrogen-bond donors (Lipinski definition) is 0. The lowest BCUT2D eigenvalue weighted by Crippen LogP contribution is -2.23. The Kier molecular flexibility index (Phi) is 10.3. The van der Waals surface area contributed by atoms with Crippen molar-refractivity contribution < 1.29 is 13.2 Å². The van der Waals surface area contributed by atoms with E-state index in [2.05, 4.69) is 13.0 Å². The lowest BCUT2D eigenvalue weighted by atomic mass is 9.71. The molecule has 2 rings (SSSR count). The molecule has 0 aromatic rings. The monoisotopic (exact) mass is 386 g/mol. The summed E-state index contributed by atoms with van der Waals surface area (Å²) in [5, 5.41) is 0. The van der Waals surface area contributed by atoms with E-state index < -0.39 is 12.1 Å². The number of hydrogen-bond acceptors (Lipinski definition) is 0. The van der Waals surface area contributed by atoms with Crippen molar-refractivity contribution in [2.24, 2.45) is 23.7 Å². The molecular formula is C24H41F3. The largest absolute Gasteiger partial charge is 0.392 e. The maximum atomic E-state index is 13.3. The maximum absolute atomic E-state index is 13.3. The predicted octanol–water partition coefficient (Wildman–Crippen LogP) is 8.86. The summed E-state index contributed by atoms with van der Waals surface area (Å²) in [5.41, 5.74) is 0. The van der Waals surface area contributed by atoms with Crippen LogP contribution >= 0.6 is 0 Å². The Labute approximate surface area is 165 Å². The first-order valence-corrected chi connectivity index (χ1v) is 11.7. The Morgan fingerprint density at radius 2 is 1.44 bits per heavy atom. The molecule has 0 spiro atoms. The van der Waals surface area contributed by atoms with Crippen molar-refractivity contribution in [3.63, 3.8) is 0 Å². The SMILES string of the molecule is CCCCCCCC(CC=C[C@H]1CC[C@H](C2CCCCC2)CC1)C(F)(F)F. The van der Waals surface area contributed by atoms with E-state index >= 15 is 0 Å². The van der Waals surface area contributed by atoms with Gasteiger partial charge in [-0.3, -0.25) is 0 Å². The zero-order chi connectivity index (χ0) is 19.5. The quantitative estimate of drug-likeness (QED) is 0.260. The van der Waals surface area contributed by atoms with Crippen molar-refractivity contribution in [1.29, 1.82) is 0 Å².